The number of benzene rings is 1. The van der Waals surface area contributed by atoms with Crippen molar-refractivity contribution >= 4 is 5.97 Å². The Morgan fingerprint density at radius 1 is 1.20 bits per heavy atom. The van der Waals surface area contributed by atoms with Crippen molar-refractivity contribution in [1.82, 2.24) is 0 Å². The smallest absolute Gasteiger partial charge is 0.340 e. The average molecular weight is 278 g/mol. The van der Waals surface area contributed by atoms with E-state index in [9.17, 15) is 4.79 Å². The van der Waals surface area contributed by atoms with Gasteiger partial charge in [-0.25, -0.2) is 4.79 Å². The van der Waals surface area contributed by atoms with Crippen LogP contribution in [0.2, 0.25) is 0 Å². The predicted molar refractivity (Wildman–Crippen MR) is 80.8 cm³/mol. The van der Waals surface area contributed by atoms with Crippen LogP contribution in [0.15, 0.2) is 24.3 Å². The first kappa shape index (κ1) is 16.7. The number of hydrogen-bond acceptors (Lipinski definition) is 3. The summed E-state index contributed by atoms with van der Waals surface area (Å²) in [4.78, 5) is 12.1. The van der Waals surface area contributed by atoms with Gasteiger partial charge in [-0.15, -0.1) is 0 Å². The molecule has 2 unspecified atom stereocenters. The van der Waals surface area contributed by atoms with Crippen molar-refractivity contribution in [2.24, 2.45) is 5.41 Å². The Balaban J connectivity index is 2.78. The molecule has 0 heterocycles. The van der Waals surface area contributed by atoms with Gasteiger partial charge in [-0.1, -0.05) is 46.8 Å². The topological polar surface area (TPSA) is 35.5 Å². The van der Waals surface area contributed by atoms with Crippen LogP contribution >= 0.6 is 0 Å². The zero-order chi connectivity index (χ0) is 15.3. The SMILES string of the molecule is CCC(C)c1ccc(C(=O)OC(OC)C(C)(C)C)cc1. The Morgan fingerprint density at radius 2 is 1.75 bits per heavy atom. The molecule has 2 atom stereocenters. The fourth-order valence-electron chi connectivity index (χ4n) is 1.93. The monoisotopic (exact) mass is 278 g/mol. The number of ether oxygens (including phenoxy) is 2. The maximum atomic E-state index is 12.1. The van der Waals surface area contributed by atoms with E-state index in [0.29, 0.717) is 11.5 Å². The molecule has 0 spiro atoms. The maximum Gasteiger partial charge on any atom is 0.340 e. The van der Waals surface area contributed by atoms with Crippen LogP contribution in [0, 0.1) is 5.41 Å². The first-order valence-electron chi connectivity index (χ1n) is 7.13. The van der Waals surface area contributed by atoms with Gasteiger partial charge < -0.3 is 9.47 Å². The van der Waals surface area contributed by atoms with Crippen molar-refractivity contribution in [1.29, 1.82) is 0 Å². The van der Waals surface area contributed by atoms with Crippen LogP contribution in [-0.4, -0.2) is 19.4 Å². The summed E-state index contributed by atoms with van der Waals surface area (Å²) in [6.07, 6.45) is 0.531. The lowest BCUT2D eigenvalue weighted by molar-refractivity contribution is -0.145. The zero-order valence-electron chi connectivity index (χ0n) is 13.4. The molecule has 0 radical (unpaired) electrons. The van der Waals surface area contributed by atoms with E-state index in [1.54, 1.807) is 7.11 Å². The van der Waals surface area contributed by atoms with Crippen molar-refractivity contribution in [3.05, 3.63) is 35.4 Å². The lowest BCUT2D eigenvalue weighted by Crippen LogP contribution is -2.33. The molecule has 0 bridgehead atoms. The van der Waals surface area contributed by atoms with E-state index >= 15 is 0 Å². The third-order valence-corrected chi connectivity index (χ3v) is 3.46. The number of carbonyl (C=O) groups is 1. The minimum absolute atomic E-state index is 0.249. The largest absolute Gasteiger partial charge is 0.432 e. The standard InChI is InChI=1S/C17H26O3/c1-7-12(2)13-8-10-14(11-9-13)15(18)20-16(19-6)17(3,4)5/h8-12,16H,7H2,1-6H3. The first-order chi connectivity index (χ1) is 9.29. The van der Waals surface area contributed by atoms with Crippen LogP contribution in [0.4, 0.5) is 0 Å². The van der Waals surface area contributed by atoms with Crippen LogP contribution in [0.3, 0.4) is 0 Å². The van der Waals surface area contributed by atoms with Gasteiger partial charge in [-0.2, -0.15) is 0 Å². The Bertz CT molecular complexity index is 429. The fourth-order valence-corrected chi connectivity index (χ4v) is 1.93. The molecule has 3 heteroatoms. The highest BCUT2D eigenvalue weighted by Crippen LogP contribution is 2.24. The summed E-state index contributed by atoms with van der Waals surface area (Å²) in [6, 6.07) is 7.62. The maximum absolute atomic E-state index is 12.1. The van der Waals surface area contributed by atoms with Crippen LogP contribution < -0.4 is 0 Å². The first-order valence-corrected chi connectivity index (χ1v) is 7.13. The van der Waals surface area contributed by atoms with E-state index < -0.39 is 6.29 Å². The summed E-state index contributed by atoms with van der Waals surface area (Å²) >= 11 is 0. The average Bonchev–Trinajstić information content (AvgIpc) is 2.42. The van der Waals surface area contributed by atoms with Crippen LogP contribution in [0.5, 0.6) is 0 Å². The molecular weight excluding hydrogens is 252 g/mol. The van der Waals surface area contributed by atoms with Crippen molar-refractivity contribution in [3.8, 4) is 0 Å². The van der Waals surface area contributed by atoms with Gasteiger partial charge in [-0.05, 0) is 30.0 Å². The predicted octanol–water partition coefficient (Wildman–Crippen LogP) is 4.38. The second-order valence-corrected chi connectivity index (χ2v) is 6.27. The Kier molecular flexibility index (Phi) is 5.75. The van der Waals surface area contributed by atoms with Gasteiger partial charge in [0.25, 0.3) is 0 Å². The van der Waals surface area contributed by atoms with E-state index in [-0.39, 0.29) is 11.4 Å². The van der Waals surface area contributed by atoms with Gasteiger partial charge in [0.1, 0.15) is 0 Å². The molecule has 0 saturated heterocycles. The number of methoxy groups -OCH3 is 1. The van der Waals surface area contributed by atoms with E-state index in [4.69, 9.17) is 9.47 Å². The van der Waals surface area contributed by atoms with Crippen LogP contribution in [0.25, 0.3) is 0 Å². The molecule has 20 heavy (non-hydrogen) atoms. The van der Waals surface area contributed by atoms with Gasteiger partial charge >= 0.3 is 5.97 Å². The lowest BCUT2D eigenvalue weighted by atomic mass is 9.96. The van der Waals surface area contributed by atoms with Gasteiger partial charge in [0.2, 0.25) is 6.29 Å². The van der Waals surface area contributed by atoms with Crippen molar-refractivity contribution < 1.29 is 14.3 Å². The number of hydrogen-bond donors (Lipinski definition) is 0. The highest BCUT2D eigenvalue weighted by Gasteiger charge is 2.28. The van der Waals surface area contributed by atoms with Crippen LogP contribution in [-0.2, 0) is 9.47 Å². The second-order valence-electron chi connectivity index (χ2n) is 6.27. The molecule has 0 N–H and O–H groups in total. The summed E-state index contributed by atoms with van der Waals surface area (Å²) in [6.45, 7) is 10.2. The minimum atomic E-state index is -0.552. The summed E-state index contributed by atoms with van der Waals surface area (Å²) in [5, 5.41) is 0. The molecule has 0 saturated carbocycles. The van der Waals surface area contributed by atoms with Gasteiger partial charge in [0.15, 0.2) is 0 Å². The zero-order valence-corrected chi connectivity index (χ0v) is 13.4. The van der Waals surface area contributed by atoms with Crippen LogP contribution in [0.1, 0.15) is 62.9 Å². The summed E-state index contributed by atoms with van der Waals surface area (Å²) < 4.78 is 10.7. The Hall–Kier alpha value is -1.35. The summed E-state index contributed by atoms with van der Waals surface area (Å²) in [7, 11) is 1.55. The van der Waals surface area contributed by atoms with E-state index in [2.05, 4.69) is 13.8 Å². The molecule has 0 fully saturated rings. The number of rotatable bonds is 5. The molecule has 1 aromatic carbocycles. The molecule has 0 aliphatic rings. The quantitative estimate of drug-likeness (QED) is 0.592. The van der Waals surface area contributed by atoms with Crippen molar-refractivity contribution in [2.75, 3.05) is 7.11 Å². The van der Waals surface area contributed by atoms with Gasteiger partial charge in [-0.3, -0.25) is 0 Å². The molecule has 0 aliphatic heterocycles. The molecule has 0 aliphatic carbocycles. The summed E-state index contributed by atoms with van der Waals surface area (Å²) in [5.41, 5.74) is 1.55. The molecule has 0 amide bonds. The fraction of sp³-hybridized carbons (Fsp3) is 0.588. The highest BCUT2D eigenvalue weighted by atomic mass is 16.7. The molecule has 0 aromatic heterocycles. The Labute approximate surface area is 122 Å². The Morgan fingerprint density at radius 3 is 2.15 bits per heavy atom. The lowest BCUT2D eigenvalue weighted by Gasteiger charge is -2.28. The van der Waals surface area contributed by atoms with E-state index in [0.717, 1.165) is 6.42 Å². The third kappa shape index (κ3) is 4.34. The normalized spacial score (nSPS) is 14.7. The molecular formula is C17H26O3. The molecule has 3 nitrogen and oxygen atoms in total. The minimum Gasteiger partial charge on any atom is -0.432 e. The number of esters is 1. The van der Waals surface area contributed by atoms with E-state index in [1.165, 1.54) is 5.56 Å². The van der Waals surface area contributed by atoms with Crippen molar-refractivity contribution in [2.45, 2.75) is 53.2 Å². The second kappa shape index (κ2) is 6.89. The third-order valence-electron chi connectivity index (χ3n) is 3.46. The van der Waals surface area contributed by atoms with Gasteiger partial charge in [0.05, 0.1) is 5.56 Å². The van der Waals surface area contributed by atoms with Crippen molar-refractivity contribution in [3.63, 3.8) is 0 Å². The van der Waals surface area contributed by atoms with Gasteiger partial charge in [0, 0.05) is 12.5 Å². The van der Waals surface area contributed by atoms with E-state index in [1.807, 2.05) is 45.0 Å². The molecule has 1 rings (SSSR count). The summed E-state index contributed by atoms with van der Waals surface area (Å²) in [5.74, 6) is 0.156. The molecule has 1 aromatic rings. The number of carbonyl (C=O) groups excluding carboxylic acids is 1. The molecule has 112 valence electrons. The highest BCUT2D eigenvalue weighted by molar-refractivity contribution is 5.89.